The topological polar surface area (TPSA) is 75.6 Å². The van der Waals surface area contributed by atoms with E-state index in [1.165, 1.54) is 18.2 Å². The van der Waals surface area contributed by atoms with E-state index in [0.29, 0.717) is 0 Å². The summed E-state index contributed by atoms with van der Waals surface area (Å²) in [5.74, 6) is -2.37. The molecule has 20 heavy (non-hydrogen) atoms. The lowest BCUT2D eigenvalue weighted by atomic mass is 9.87. The van der Waals surface area contributed by atoms with E-state index in [9.17, 15) is 14.0 Å². The molecule has 0 aliphatic carbocycles. The Balaban J connectivity index is 2.60. The molecule has 1 unspecified atom stereocenters. The Kier molecular flexibility index (Phi) is 5.07. The van der Waals surface area contributed by atoms with Crippen LogP contribution in [0.25, 0.3) is 0 Å². The maximum Gasteiger partial charge on any atom is 0.326 e. The highest BCUT2D eigenvalue weighted by atomic mass is 19.1. The maximum atomic E-state index is 13.3. The molecule has 0 aliphatic heterocycles. The molecule has 110 valence electrons. The third-order valence-electron chi connectivity index (χ3n) is 2.61. The van der Waals surface area contributed by atoms with Crippen molar-refractivity contribution in [3.05, 3.63) is 30.1 Å². The van der Waals surface area contributed by atoms with Gasteiger partial charge in [0.25, 0.3) is 5.91 Å². The Hall–Kier alpha value is -2.11. The summed E-state index contributed by atoms with van der Waals surface area (Å²) in [6, 6.07) is 4.64. The molecule has 1 aromatic carbocycles. The van der Waals surface area contributed by atoms with Gasteiger partial charge in [-0.25, -0.2) is 9.18 Å². The van der Waals surface area contributed by atoms with Crippen molar-refractivity contribution >= 4 is 11.9 Å². The molecular formula is C14H18FNO4. The molecule has 0 fully saturated rings. The molecule has 1 aromatic rings. The number of hydrogen-bond acceptors (Lipinski definition) is 3. The van der Waals surface area contributed by atoms with Gasteiger partial charge >= 0.3 is 5.97 Å². The second-order valence-electron chi connectivity index (χ2n) is 5.42. The lowest BCUT2D eigenvalue weighted by Crippen LogP contribution is -2.50. The normalized spacial score (nSPS) is 12.6. The minimum absolute atomic E-state index is 0.0507. The van der Waals surface area contributed by atoms with Crippen molar-refractivity contribution in [3.63, 3.8) is 0 Å². The number of carbonyl (C=O) groups excluding carboxylic acids is 1. The third-order valence-corrected chi connectivity index (χ3v) is 2.61. The predicted octanol–water partition coefficient (Wildman–Crippen LogP) is 1.82. The number of carbonyl (C=O) groups is 2. The fourth-order valence-corrected chi connectivity index (χ4v) is 1.56. The molecule has 0 heterocycles. The van der Waals surface area contributed by atoms with Crippen molar-refractivity contribution in [3.8, 4) is 5.75 Å². The van der Waals surface area contributed by atoms with Gasteiger partial charge in [0.05, 0.1) is 0 Å². The number of hydrogen-bond donors (Lipinski definition) is 2. The van der Waals surface area contributed by atoms with Crippen LogP contribution in [0, 0.1) is 11.2 Å². The quantitative estimate of drug-likeness (QED) is 0.864. The molecule has 0 aromatic heterocycles. The van der Waals surface area contributed by atoms with Crippen molar-refractivity contribution in [2.45, 2.75) is 26.8 Å². The first-order valence-electron chi connectivity index (χ1n) is 6.11. The summed E-state index contributed by atoms with van der Waals surface area (Å²) in [6.07, 6.45) is 0. The predicted molar refractivity (Wildman–Crippen MR) is 70.9 cm³/mol. The summed E-state index contributed by atoms with van der Waals surface area (Å²) in [4.78, 5) is 22.8. The molecule has 1 amide bonds. The highest BCUT2D eigenvalue weighted by Gasteiger charge is 2.32. The van der Waals surface area contributed by atoms with Gasteiger partial charge in [0.2, 0.25) is 0 Å². The zero-order valence-electron chi connectivity index (χ0n) is 11.6. The third kappa shape index (κ3) is 4.53. The van der Waals surface area contributed by atoms with Crippen molar-refractivity contribution in [1.29, 1.82) is 0 Å². The molecule has 0 aliphatic rings. The molecule has 6 heteroatoms. The van der Waals surface area contributed by atoms with Gasteiger partial charge in [0.15, 0.2) is 18.2 Å². The number of ether oxygens (including phenoxy) is 1. The number of carboxylic acids is 1. The van der Waals surface area contributed by atoms with Gasteiger partial charge in [-0.05, 0) is 17.5 Å². The maximum absolute atomic E-state index is 13.3. The molecule has 1 rings (SSSR count). The first-order valence-corrected chi connectivity index (χ1v) is 6.11. The Morgan fingerprint density at radius 1 is 1.35 bits per heavy atom. The van der Waals surface area contributed by atoms with Crippen LogP contribution in [0.2, 0.25) is 0 Å². The molecule has 0 spiro atoms. The van der Waals surface area contributed by atoms with Gasteiger partial charge < -0.3 is 15.2 Å². The Morgan fingerprint density at radius 3 is 2.45 bits per heavy atom. The van der Waals surface area contributed by atoms with E-state index in [1.807, 2.05) is 0 Å². The van der Waals surface area contributed by atoms with Crippen LogP contribution in [0.1, 0.15) is 20.8 Å². The highest BCUT2D eigenvalue weighted by molar-refractivity contribution is 5.84. The van der Waals surface area contributed by atoms with E-state index in [0.717, 1.165) is 0 Å². The summed E-state index contributed by atoms with van der Waals surface area (Å²) in [7, 11) is 0. The first-order chi connectivity index (χ1) is 9.21. The lowest BCUT2D eigenvalue weighted by molar-refractivity contribution is -0.145. The van der Waals surface area contributed by atoms with Crippen LogP contribution in [-0.2, 0) is 9.59 Å². The van der Waals surface area contributed by atoms with Crippen LogP contribution in [0.15, 0.2) is 24.3 Å². The number of rotatable bonds is 5. The van der Waals surface area contributed by atoms with Crippen LogP contribution in [0.5, 0.6) is 5.75 Å². The lowest BCUT2D eigenvalue weighted by Gasteiger charge is -2.27. The van der Waals surface area contributed by atoms with Crippen molar-refractivity contribution in [2.24, 2.45) is 5.41 Å². The molecule has 2 N–H and O–H groups in total. The molecule has 5 nitrogen and oxygen atoms in total. The minimum atomic E-state index is -1.13. The molecule has 0 radical (unpaired) electrons. The zero-order valence-corrected chi connectivity index (χ0v) is 11.6. The average Bonchev–Trinajstić information content (AvgIpc) is 2.33. The van der Waals surface area contributed by atoms with Gasteiger partial charge in [0.1, 0.15) is 6.04 Å². The number of carboxylic acid groups (broad SMARTS) is 1. The summed E-state index contributed by atoms with van der Waals surface area (Å²) in [6.45, 7) is 4.65. The minimum Gasteiger partial charge on any atom is -0.481 e. The largest absolute Gasteiger partial charge is 0.481 e. The molecule has 0 saturated carbocycles. The number of para-hydroxylation sites is 1. The Bertz CT molecular complexity index is 496. The van der Waals surface area contributed by atoms with Gasteiger partial charge in [-0.3, -0.25) is 4.79 Å². The number of halogens is 1. The van der Waals surface area contributed by atoms with Crippen LogP contribution < -0.4 is 10.1 Å². The van der Waals surface area contributed by atoms with Gasteiger partial charge in [-0.2, -0.15) is 0 Å². The SMILES string of the molecule is CC(C)(C)C(NC(=O)COc1ccccc1F)C(=O)O. The fraction of sp³-hybridized carbons (Fsp3) is 0.429. The summed E-state index contributed by atoms with van der Waals surface area (Å²) < 4.78 is 18.3. The van der Waals surface area contributed by atoms with Crippen molar-refractivity contribution in [2.75, 3.05) is 6.61 Å². The van der Waals surface area contributed by atoms with E-state index in [1.54, 1.807) is 26.8 Å². The summed E-state index contributed by atoms with van der Waals surface area (Å²) in [5.41, 5.74) is -0.639. The Morgan fingerprint density at radius 2 is 1.95 bits per heavy atom. The molecule has 0 saturated heterocycles. The van der Waals surface area contributed by atoms with Crippen LogP contribution in [-0.4, -0.2) is 29.6 Å². The van der Waals surface area contributed by atoms with E-state index >= 15 is 0 Å². The van der Waals surface area contributed by atoms with E-state index in [-0.39, 0.29) is 5.75 Å². The molecule has 1 atom stereocenters. The number of amides is 1. The van der Waals surface area contributed by atoms with E-state index in [4.69, 9.17) is 9.84 Å². The number of aliphatic carboxylic acids is 1. The van der Waals surface area contributed by atoms with Crippen LogP contribution in [0.4, 0.5) is 4.39 Å². The van der Waals surface area contributed by atoms with Crippen molar-refractivity contribution in [1.82, 2.24) is 5.32 Å². The number of benzene rings is 1. The Labute approximate surface area is 116 Å². The zero-order chi connectivity index (χ0) is 15.3. The number of nitrogens with one attached hydrogen (secondary N) is 1. The average molecular weight is 283 g/mol. The second-order valence-corrected chi connectivity index (χ2v) is 5.42. The molecular weight excluding hydrogens is 265 g/mol. The monoisotopic (exact) mass is 283 g/mol. The summed E-state index contributed by atoms with van der Waals surface area (Å²) >= 11 is 0. The van der Waals surface area contributed by atoms with E-state index < -0.39 is 35.8 Å². The van der Waals surface area contributed by atoms with E-state index in [2.05, 4.69) is 5.32 Å². The smallest absolute Gasteiger partial charge is 0.326 e. The standard InChI is InChI=1S/C14H18FNO4/c1-14(2,3)12(13(18)19)16-11(17)8-20-10-7-5-4-6-9(10)15/h4-7,12H,8H2,1-3H3,(H,16,17)(H,18,19). The van der Waals surface area contributed by atoms with Crippen LogP contribution >= 0.6 is 0 Å². The first kappa shape index (κ1) is 15.9. The second kappa shape index (κ2) is 6.36. The fourth-order valence-electron chi connectivity index (χ4n) is 1.56. The molecule has 0 bridgehead atoms. The van der Waals surface area contributed by atoms with Gasteiger partial charge in [0, 0.05) is 0 Å². The van der Waals surface area contributed by atoms with Gasteiger partial charge in [-0.1, -0.05) is 32.9 Å². The van der Waals surface area contributed by atoms with Crippen molar-refractivity contribution < 1.29 is 23.8 Å². The van der Waals surface area contributed by atoms with Gasteiger partial charge in [-0.15, -0.1) is 0 Å². The summed E-state index contributed by atoms with van der Waals surface area (Å²) in [5, 5.41) is 11.4. The highest BCUT2D eigenvalue weighted by Crippen LogP contribution is 2.19. The van der Waals surface area contributed by atoms with Crippen LogP contribution in [0.3, 0.4) is 0 Å².